The molecule has 0 aromatic rings. The molecule has 1 aliphatic rings. The predicted octanol–water partition coefficient (Wildman–Crippen LogP) is 2.15. The van der Waals surface area contributed by atoms with Crippen molar-refractivity contribution >= 4 is 17.7 Å². The van der Waals surface area contributed by atoms with Crippen molar-refractivity contribution in [2.24, 2.45) is 11.1 Å². The fraction of sp³-hybridized carbons (Fsp3) is 0.923. The van der Waals surface area contributed by atoms with E-state index >= 15 is 0 Å². The van der Waals surface area contributed by atoms with Crippen molar-refractivity contribution in [3.05, 3.63) is 0 Å². The molecule has 17 heavy (non-hydrogen) atoms. The number of hydrogen-bond acceptors (Lipinski definition) is 3. The number of nitrogens with two attached hydrogens (primary N) is 1. The summed E-state index contributed by atoms with van der Waals surface area (Å²) >= 11 is 1.86. The summed E-state index contributed by atoms with van der Waals surface area (Å²) in [4.78, 5) is 11.9. The summed E-state index contributed by atoms with van der Waals surface area (Å²) in [5, 5.41) is 3.73. The molecule has 3 N–H and O–H groups in total. The molecule has 0 aliphatic heterocycles. The van der Waals surface area contributed by atoms with E-state index < -0.39 is 0 Å². The molecule has 0 bridgehead atoms. The van der Waals surface area contributed by atoms with E-state index in [-0.39, 0.29) is 17.4 Å². The Hall–Kier alpha value is -0.220. The molecule has 1 aliphatic carbocycles. The van der Waals surface area contributed by atoms with E-state index in [1.165, 1.54) is 12.8 Å². The largest absolute Gasteiger partial charge is 0.352 e. The average Bonchev–Trinajstić information content (AvgIpc) is 2.63. The molecule has 100 valence electrons. The van der Waals surface area contributed by atoms with Gasteiger partial charge in [-0.3, -0.25) is 4.79 Å². The van der Waals surface area contributed by atoms with Crippen LogP contribution in [0.25, 0.3) is 0 Å². The fourth-order valence-corrected chi connectivity index (χ4v) is 3.08. The van der Waals surface area contributed by atoms with Gasteiger partial charge in [0.2, 0.25) is 5.91 Å². The number of rotatable bonds is 4. The van der Waals surface area contributed by atoms with Crippen molar-refractivity contribution in [1.82, 2.24) is 5.32 Å². The maximum Gasteiger partial charge on any atom is 0.221 e. The maximum absolute atomic E-state index is 11.9. The summed E-state index contributed by atoms with van der Waals surface area (Å²) in [6.07, 6.45) is 6.11. The Kier molecular flexibility index (Phi) is 5.32. The lowest BCUT2D eigenvalue weighted by Gasteiger charge is -2.27. The molecule has 3 unspecified atom stereocenters. The highest BCUT2D eigenvalue weighted by Gasteiger charge is 2.29. The van der Waals surface area contributed by atoms with Crippen LogP contribution in [0.3, 0.4) is 0 Å². The van der Waals surface area contributed by atoms with Crippen molar-refractivity contribution in [2.45, 2.75) is 63.8 Å². The van der Waals surface area contributed by atoms with Crippen molar-refractivity contribution in [3.63, 3.8) is 0 Å². The van der Waals surface area contributed by atoms with Gasteiger partial charge in [0.25, 0.3) is 0 Å². The van der Waals surface area contributed by atoms with E-state index in [1.807, 2.05) is 11.8 Å². The lowest BCUT2D eigenvalue weighted by molar-refractivity contribution is -0.122. The molecule has 0 aromatic heterocycles. The lowest BCUT2D eigenvalue weighted by Crippen LogP contribution is -2.44. The van der Waals surface area contributed by atoms with Gasteiger partial charge in [0.05, 0.1) is 0 Å². The Balaban J connectivity index is 2.39. The van der Waals surface area contributed by atoms with Gasteiger partial charge < -0.3 is 11.1 Å². The molecule has 1 saturated carbocycles. The Morgan fingerprint density at radius 1 is 1.47 bits per heavy atom. The lowest BCUT2D eigenvalue weighted by atomic mass is 9.85. The first-order valence-corrected chi connectivity index (χ1v) is 7.71. The van der Waals surface area contributed by atoms with Gasteiger partial charge in [-0.2, -0.15) is 11.8 Å². The van der Waals surface area contributed by atoms with Gasteiger partial charge >= 0.3 is 0 Å². The average molecular weight is 258 g/mol. The van der Waals surface area contributed by atoms with Crippen LogP contribution < -0.4 is 11.1 Å². The molecule has 0 spiro atoms. The molecule has 3 atom stereocenters. The summed E-state index contributed by atoms with van der Waals surface area (Å²) in [7, 11) is 0. The van der Waals surface area contributed by atoms with Gasteiger partial charge in [0.1, 0.15) is 0 Å². The van der Waals surface area contributed by atoms with Crippen LogP contribution in [0.15, 0.2) is 0 Å². The topological polar surface area (TPSA) is 55.1 Å². The van der Waals surface area contributed by atoms with E-state index in [0.717, 1.165) is 6.42 Å². The standard InChI is InChI=1S/C13H26N2OS/c1-13(2,3)11(14)8-12(16)15-9-6-5-7-10(9)17-4/h9-11H,5-8,14H2,1-4H3,(H,15,16). The normalized spacial score (nSPS) is 26.9. The van der Waals surface area contributed by atoms with Crippen LogP contribution in [-0.4, -0.2) is 29.5 Å². The van der Waals surface area contributed by atoms with Gasteiger partial charge in [0, 0.05) is 23.8 Å². The van der Waals surface area contributed by atoms with Crippen LogP contribution in [0.2, 0.25) is 0 Å². The molecular formula is C13H26N2OS. The molecule has 0 saturated heterocycles. The monoisotopic (exact) mass is 258 g/mol. The van der Waals surface area contributed by atoms with Crippen LogP contribution in [0, 0.1) is 5.41 Å². The summed E-state index contributed by atoms with van der Waals surface area (Å²) in [5.74, 6) is 0.110. The summed E-state index contributed by atoms with van der Waals surface area (Å²) in [6, 6.07) is 0.279. The van der Waals surface area contributed by atoms with Crippen LogP contribution in [0.1, 0.15) is 46.5 Å². The molecule has 0 heterocycles. The third-order valence-electron chi connectivity index (χ3n) is 3.62. The highest BCUT2D eigenvalue weighted by molar-refractivity contribution is 7.99. The quantitative estimate of drug-likeness (QED) is 0.812. The molecule has 1 fully saturated rings. The summed E-state index contributed by atoms with van der Waals surface area (Å²) in [5.41, 5.74) is 6.02. The molecule has 1 amide bonds. The van der Waals surface area contributed by atoms with Crippen molar-refractivity contribution in [3.8, 4) is 0 Å². The number of amides is 1. The highest BCUT2D eigenvalue weighted by Crippen LogP contribution is 2.28. The van der Waals surface area contributed by atoms with Crippen molar-refractivity contribution < 1.29 is 4.79 Å². The molecular weight excluding hydrogens is 232 g/mol. The van der Waals surface area contributed by atoms with E-state index in [2.05, 4.69) is 32.3 Å². The zero-order valence-corrected chi connectivity index (χ0v) is 12.3. The van der Waals surface area contributed by atoms with E-state index in [4.69, 9.17) is 5.73 Å². The number of hydrogen-bond donors (Lipinski definition) is 2. The first-order chi connectivity index (χ1) is 7.84. The Morgan fingerprint density at radius 3 is 2.65 bits per heavy atom. The number of carbonyl (C=O) groups is 1. The van der Waals surface area contributed by atoms with Crippen molar-refractivity contribution in [2.75, 3.05) is 6.26 Å². The Labute approximate surface area is 109 Å². The molecule has 3 nitrogen and oxygen atoms in total. The second-order valence-corrected chi connectivity index (χ2v) is 7.13. The van der Waals surface area contributed by atoms with Gasteiger partial charge in [-0.15, -0.1) is 0 Å². The third kappa shape index (κ3) is 4.51. The van der Waals surface area contributed by atoms with E-state index in [1.54, 1.807) is 0 Å². The van der Waals surface area contributed by atoms with Gasteiger partial charge in [-0.1, -0.05) is 27.2 Å². The Morgan fingerprint density at radius 2 is 2.12 bits per heavy atom. The van der Waals surface area contributed by atoms with Crippen LogP contribution in [0.5, 0.6) is 0 Å². The number of thioether (sulfide) groups is 1. The minimum Gasteiger partial charge on any atom is -0.352 e. The second-order valence-electron chi connectivity index (χ2n) is 6.06. The fourth-order valence-electron chi connectivity index (χ4n) is 2.14. The highest BCUT2D eigenvalue weighted by atomic mass is 32.2. The SMILES string of the molecule is CSC1CCCC1NC(=O)CC(N)C(C)(C)C. The van der Waals surface area contributed by atoms with E-state index in [0.29, 0.717) is 17.7 Å². The zero-order chi connectivity index (χ0) is 13.1. The smallest absolute Gasteiger partial charge is 0.221 e. The number of carbonyl (C=O) groups excluding carboxylic acids is 1. The molecule has 0 radical (unpaired) electrons. The minimum absolute atomic E-state index is 0.00801. The molecule has 0 aromatic carbocycles. The molecule has 4 heteroatoms. The van der Waals surface area contributed by atoms with E-state index in [9.17, 15) is 4.79 Å². The van der Waals surface area contributed by atoms with Crippen LogP contribution in [-0.2, 0) is 4.79 Å². The first kappa shape index (κ1) is 14.8. The second kappa shape index (κ2) is 6.10. The van der Waals surface area contributed by atoms with Gasteiger partial charge in [-0.05, 0) is 24.5 Å². The zero-order valence-electron chi connectivity index (χ0n) is 11.5. The minimum atomic E-state index is -0.0726. The predicted molar refractivity (Wildman–Crippen MR) is 75.1 cm³/mol. The summed E-state index contributed by atoms with van der Waals surface area (Å²) in [6.45, 7) is 6.22. The van der Waals surface area contributed by atoms with Gasteiger partial charge in [0.15, 0.2) is 0 Å². The Bertz CT molecular complexity index is 263. The van der Waals surface area contributed by atoms with Crippen LogP contribution >= 0.6 is 11.8 Å². The first-order valence-electron chi connectivity index (χ1n) is 6.42. The summed E-state index contributed by atoms with van der Waals surface area (Å²) < 4.78 is 0. The van der Waals surface area contributed by atoms with Crippen molar-refractivity contribution in [1.29, 1.82) is 0 Å². The van der Waals surface area contributed by atoms with Crippen LogP contribution in [0.4, 0.5) is 0 Å². The number of nitrogens with one attached hydrogen (secondary N) is 1. The molecule has 1 rings (SSSR count). The maximum atomic E-state index is 11.9. The van der Waals surface area contributed by atoms with Gasteiger partial charge in [-0.25, -0.2) is 0 Å². The third-order valence-corrected chi connectivity index (χ3v) is 4.79.